The SMILES string of the molecule is CCOC(=O)c1ccnc(N2CC(C)CC(C)C2)c1N. The van der Waals surface area contributed by atoms with Gasteiger partial charge >= 0.3 is 5.97 Å². The average Bonchev–Trinajstić information content (AvgIpc) is 2.38. The Kier molecular flexibility index (Phi) is 4.47. The lowest BCUT2D eigenvalue weighted by molar-refractivity contribution is 0.0527. The van der Waals surface area contributed by atoms with Crippen molar-refractivity contribution >= 4 is 17.5 Å². The molecule has 20 heavy (non-hydrogen) atoms. The Morgan fingerprint density at radius 2 is 2.10 bits per heavy atom. The molecule has 2 atom stereocenters. The van der Waals surface area contributed by atoms with Crippen LogP contribution in [0.15, 0.2) is 12.3 Å². The van der Waals surface area contributed by atoms with E-state index in [1.54, 1.807) is 19.2 Å². The molecule has 5 nitrogen and oxygen atoms in total. The Balaban J connectivity index is 2.28. The molecular weight excluding hydrogens is 254 g/mol. The standard InChI is InChI=1S/C15H23N3O2/c1-4-20-15(19)12-5-6-17-14(13(12)16)18-8-10(2)7-11(3)9-18/h5-6,10-11H,4,7-9,16H2,1-3H3. The van der Waals surface area contributed by atoms with E-state index in [0.29, 0.717) is 35.5 Å². The monoisotopic (exact) mass is 277 g/mol. The van der Waals surface area contributed by atoms with Crippen molar-refractivity contribution in [1.29, 1.82) is 0 Å². The predicted molar refractivity (Wildman–Crippen MR) is 79.8 cm³/mol. The van der Waals surface area contributed by atoms with Crippen molar-refractivity contribution < 1.29 is 9.53 Å². The molecule has 2 rings (SSSR count). The molecule has 1 aromatic rings. The second kappa shape index (κ2) is 6.11. The topological polar surface area (TPSA) is 68.5 Å². The summed E-state index contributed by atoms with van der Waals surface area (Å²) in [6.45, 7) is 8.43. The molecule has 0 aliphatic carbocycles. The molecule has 1 saturated heterocycles. The highest BCUT2D eigenvalue weighted by Gasteiger charge is 2.25. The molecule has 0 bridgehead atoms. The summed E-state index contributed by atoms with van der Waals surface area (Å²) in [6, 6.07) is 1.62. The van der Waals surface area contributed by atoms with Crippen molar-refractivity contribution in [2.45, 2.75) is 27.2 Å². The van der Waals surface area contributed by atoms with Gasteiger partial charge in [0.15, 0.2) is 5.82 Å². The van der Waals surface area contributed by atoms with Crippen molar-refractivity contribution in [2.24, 2.45) is 11.8 Å². The molecular formula is C15H23N3O2. The van der Waals surface area contributed by atoms with Gasteiger partial charge < -0.3 is 15.4 Å². The maximum absolute atomic E-state index is 11.9. The number of pyridine rings is 1. The van der Waals surface area contributed by atoms with Crippen LogP contribution in [0.4, 0.5) is 11.5 Å². The van der Waals surface area contributed by atoms with Crippen molar-refractivity contribution in [3.05, 3.63) is 17.8 Å². The number of nitrogens with zero attached hydrogens (tertiary/aromatic N) is 2. The van der Waals surface area contributed by atoms with Crippen LogP contribution in [0, 0.1) is 11.8 Å². The van der Waals surface area contributed by atoms with Crippen molar-refractivity contribution in [3.8, 4) is 0 Å². The number of nitrogen functional groups attached to an aromatic ring is 1. The fourth-order valence-electron chi connectivity index (χ4n) is 2.94. The Morgan fingerprint density at radius 1 is 1.45 bits per heavy atom. The minimum Gasteiger partial charge on any atom is -0.462 e. The molecule has 0 spiro atoms. The highest BCUT2D eigenvalue weighted by Crippen LogP contribution is 2.30. The third-order valence-corrected chi connectivity index (χ3v) is 3.63. The van der Waals surface area contributed by atoms with Gasteiger partial charge in [0.25, 0.3) is 0 Å². The molecule has 5 heteroatoms. The van der Waals surface area contributed by atoms with E-state index in [1.165, 1.54) is 6.42 Å². The summed E-state index contributed by atoms with van der Waals surface area (Å²) < 4.78 is 5.03. The first kappa shape index (κ1) is 14.6. The lowest BCUT2D eigenvalue weighted by atomic mass is 9.92. The molecule has 1 aliphatic rings. The molecule has 110 valence electrons. The van der Waals surface area contributed by atoms with Crippen LogP contribution in [-0.2, 0) is 4.74 Å². The van der Waals surface area contributed by atoms with Crippen LogP contribution in [0.25, 0.3) is 0 Å². The third kappa shape index (κ3) is 3.03. The van der Waals surface area contributed by atoms with Gasteiger partial charge in [-0.25, -0.2) is 9.78 Å². The maximum atomic E-state index is 11.9. The third-order valence-electron chi connectivity index (χ3n) is 3.63. The van der Waals surface area contributed by atoms with Crippen LogP contribution < -0.4 is 10.6 Å². The van der Waals surface area contributed by atoms with E-state index in [4.69, 9.17) is 10.5 Å². The van der Waals surface area contributed by atoms with Gasteiger partial charge in [-0.15, -0.1) is 0 Å². The maximum Gasteiger partial charge on any atom is 0.340 e. The minimum absolute atomic E-state index is 0.341. The van der Waals surface area contributed by atoms with Crippen LogP contribution in [0.3, 0.4) is 0 Å². The van der Waals surface area contributed by atoms with Gasteiger partial charge in [0.05, 0.1) is 17.9 Å². The summed E-state index contributed by atoms with van der Waals surface area (Å²) in [5, 5.41) is 0. The van der Waals surface area contributed by atoms with E-state index in [0.717, 1.165) is 13.1 Å². The number of aromatic nitrogens is 1. The van der Waals surface area contributed by atoms with Crippen LogP contribution in [0.5, 0.6) is 0 Å². The zero-order valence-corrected chi connectivity index (χ0v) is 12.4. The number of hydrogen-bond acceptors (Lipinski definition) is 5. The number of piperidine rings is 1. The number of ether oxygens (including phenoxy) is 1. The number of rotatable bonds is 3. The van der Waals surface area contributed by atoms with E-state index in [1.807, 2.05) is 0 Å². The average molecular weight is 277 g/mol. The molecule has 2 heterocycles. The van der Waals surface area contributed by atoms with E-state index >= 15 is 0 Å². The molecule has 1 aliphatic heterocycles. The summed E-state index contributed by atoms with van der Waals surface area (Å²) >= 11 is 0. The van der Waals surface area contributed by atoms with Crippen LogP contribution >= 0.6 is 0 Å². The van der Waals surface area contributed by atoms with E-state index in [2.05, 4.69) is 23.7 Å². The van der Waals surface area contributed by atoms with E-state index in [9.17, 15) is 4.79 Å². The quantitative estimate of drug-likeness (QED) is 0.859. The minimum atomic E-state index is -0.383. The smallest absolute Gasteiger partial charge is 0.340 e. The lowest BCUT2D eigenvalue weighted by Gasteiger charge is -2.36. The lowest BCUT2D eigenvalue weighted by Crippen LogP contribution is -2.39. The molecule has 1 aromatic heterocycles. The van der Waals surface area contributed by atoms with Gasteiger partial charge in [0, 0.05) is 19.3 Å². The highest BCUT2D eigenvalue weighted by atomic mass is 16.5. The molecule has 0 aromatic carbocycles. The Labute approximate surface area is 120 Å². The first-order chi connectivity index (χ1) is 9.52. The number of hydrogen-bond donors (Lipinski definition) is 1. The zero-order valence-electron chi connectivity index (χ0n) is 12.4. The van der Waals surface area contributed by atoms with Crippen LogP contribution in [0.1, 0.15) is 37.6 Å². The number of carbonyl (C=O) groups is 1. The van der Waals surface area contributed by atoms with Crippen molar-refractivity contribution in [2.75, 3.05) is 30.3 Å². The van der Waals surface area contributed by atoms with Gasteiger partial charge in [-0.3, -0.25) is 0 Å². The number of anilines is 2. The second-order valence-electron chi connectivity index (χ2n) is 5.67. The molecule has 0 amide bonds. The Morgan fingerprint density at radius 3 is 2.70 bits per heavy atom. The summed E-state index contributed by atoms with van der Waals surface area (Å²) in [6.07, 6.45) is 2.84. The van der Waals surface area contributed by atoms with E-state index in [-0.39, 0.29) is 5.97 Å². The van der Waals surface area contributed by atoms with Gasteiger partial charge in [0.2, 0.25) is 0 Å². The molecule has 0 saturated carbocycles. The normalized spacial score (nSPS) is 22.6. The van der Waals surface area contributed by atoms with Gasteiger partial charge in [-0.05, 0) is 31.2 Å². The van der Waals surface area contributed by atoms with Gasteiger partial charge in [-0.2, -0.15) is 0 Å². The fraction of sp³-hybridized carbons (Fsp3) is 0.600. The summed E-state index contributed by atoms with van der Waals surface area (Å²) in [5.41, 5.74) is 6.96. The summed E-state index contributed by atoms with van der Waals surface area (Å²) in [5.74, 6) is 1.53. The fourth-order valence-corrected chi connectivity index (χ4v) is 2.94. The van der Waals surface area contributed by atoms with Crippen LogP contribution in [0.2, 0.25) is 0 Å². The predicted octanol–water partition coefficient (Wildman–Crippen LogP) is 2.32. The van der Waals surface area contributed by atoms with Gasteiger partial charge in [-0.1, -0.05) is 13.8 Å². The number of nitrogens with two attached hydrogens (primary N) is 1. The molecule has 2 unspecified atom stereocenters. The largest absolute Gasteiger partial charge is 0.462 e. The van der Waals surface area contributed by atoms with E-state index < -0.39 is 0 Å². The van der Waals surface area contributed by atoms with Crippen molar-refractivity contribution in [1.82, 2.24) is 4.98 Å². The van der Waals surface area contributed by atoms with Crippen LogP contribution in [-0.4, -0.2) is 30.6 Å². The highest BCUT2D eigenvalue weighted by molar-refractivity contribution is 5.97. The first-order valence-corrected chi connectivity index (χ1v) is 7.19. The Hall–Kier alpha value is -1.78. The summed E-state index contributed by atoms with van der Waals surface area (Å²) in [7, 11) is 0. The molecule has 0 radical (unpaired) electrons. The Bertz CT molecular complexity index is 480. The number of esters is 1. The van der Waals surface area contributed by atoms with Gasteiger partial charge in [0.1, 0.15) is 0 Å². The zero-order chi connectivity index (χ0) is 14.7. The molecule has 2 N–H and O–H groups in total. The first-order valence-electron chi connectivity index (χ1n) is 7.19. The summed E-state index contributed by atoms with van der Waals surface area (Å²) in [4.78, 5) is 18.4. The second-order valence-corrected chi connectivity index (χ2v) is 5.67. The number of carbonyl (C=O) groups excluding carboxylic acids is 1. The van der Waals surface area contributed by atoms with Crippen molar-refractivity contribution in [3.63, 3.8) is 0 Å². The molecule has 1 fully saturated rings.